The first-order valence-corrected chi connectivity index (χ1v) is 9.03. The lowest BCUT2D eigenvalue weighted by atomic mass is 9.95. The number of nitrogens with one attached hydrogen (secondary N) is 1. The number of hydrogen-bond acceptors (Lipinski definition) is 2. The van der Waals surface area contributed by atoms with E-state index < -0.39 is 0 Å². The molecule has 23 heavy (non-hydrogen) atoms. The highest BCUT2D eigenvalue weighted by atomic mass is 32.2. The Morgan fingerprint density at radius 1 is 1.00 bits per heavy atom. The lowest BCUT2D eigenvalue weighted by molar-refractivity contribution is -0.121. The van der Waals surface area contributed by atoms with Crippen molar-refractivity contribution in [2.45, 2.75) is 43.7 Å². The summed E-state index contributed by atoms with van der Waals surface area (Å²) in [6, 6.07) is 20.5. The fourth-order valence-electron chi connectivity index (χ4n) is 2.46. The Kier molecular flexibility index (Phi) is 6.28. The maximum Gasteiger partial charge on any atom is 0.233 e. The third-order valence-corrected chi connectivity index (χ3v) is 4.88. The molecule has 0 saturated carbocycles. The Morgan fingerprint density at radius 2 is 1.52 bits per heavy atom. The molecule has 122 valence electrons. The summed E-state index contributed by atoms with van der Waals surface area (Å²) >= 11 is 1.67. The Hall–Kier alpha value is -1.74. The smallest absolute Gasteiger partial charge is 0.233 e. The van der Waals surface area contributed by atoms with E-state index in [-0.39, 0.29) is 16.7 Å². The molecular weight excluding hydrogens is 302 g/mol. The first-order valence-electron chi connectivity index (χ1n) is 7.98. The predicted molar refractivity (Wildman–Crippen MR) is 99.6 cm³/mol. The molecule has 0 fully saturated rings. The topological polar surface area (TPSA) is 29.1 Å². The van der Waals surface area contributed by atoms with Crippen LogP contribution in [0.4, 0.5) is 0 Å². The second kappa shape index (κ2) is 8.21. The van der Waals surface area contributed by atoms with E-state index in [2.05, 4.69) is 43.4 Å². The molecule has 0 radical (unpaired) electrons. The van der Waals surface area contributed by atoms with Gasteiger partial charge < -0.3 is 5.32 Å². The van der Waals surface area contributed by atoms with Crippen LogP contribution in [0.1, 0.15) is 31.9 Å². The van der Waals surface area contributed by atoms with Gasteiger partial charge in [-0.2, -0.15) is 0 Å². The third kappa shape index (κ3) is 6.11. The van der Waals surface area contributed by atoms with Crippen molar-refractivity contribution in [1.29, 1.82) is 0 Å². The molecule has 0 aromatic heterocycles. The van der Waals surface area contributed by atoms with Crippen LogP contribution in [0.2, 0.25) is 0 Å². The maximum atomic E-state index is 12.4. The van der Waals surface area contributed by atoms with Crippen molar-refractivity contribution < 1.29 is 4.79 Å². The zero-order chi connectivity index (χ0) is 16.7. The quantitative estimate of drug-likeness (QED) is 0.814. The molecule has 2 nitrogen and oxygen atoms in total. The molecule has 2 aromatic carbocycles. The number of hydrogen-bond donors (Lipinski definition) is 1. The molecule has 0 saturated heterocycles. The van der Waals surface area contributed by atoms with Crippen molar-refractivity contribution in [2.24, 2.45) is 0 Å². The normalized spacial score (nSPS) is 12.7. The minimum Gasteiger partial charge on any atom is -0.350 e. The lowest BCUT2D eigenvalue weighted by Gasteiger charge is -2.28. The van der Waals surface area contributed by atoms with Crippen molar-refractivity contribution in [1.82, 2.24) is 5.32 Å². The SMILES string of the molecule is C[C@H](SCc1ccccc1)C(=O)NC(C)(C)Cc1ccccc1. The van der Waals surface area contributed by atoms with E-state index in [4.69, 9.17) is 0 Å². The summed E-state index contributed by atoms with van der Waals surface area (Å²) < 4.78 is 0. The molecular formula is C20H25NOS. The zero-order valence-corrected chi connectivity index (χ0v) is 14.9. The number of carbonyl (C=O) groups excluding carboxylic acids is 1. The van der Waals surface area contributed by atoms with Gasteiger partial charge in [0.1, 0.15) is 0 Å². The van der Waals surface area contributed by atoms with Crippen LogP contribution in [0.15, 0.2) is 60.7 Å². The molecule has 0 aliphatic rings. The Bertz CT molecular complexity index is 610. The van der Waals surface area contributed by atoms with Gasteiger partial charge in [0.25, 0.3) is 0 Å². The van der Waals surface area contributed by atoms with Gasteiger partial charge in [-0.25, -0.2) is 0 Å². The maximum absolute atomic E-state index is 12.4. The van der Waals surface area contributed by atoms with Gasteiger partial charge in [0.15, 0.2) is 0 Å². The van der Waals surface area contributed by atoms with Gasteiger partial charge in [0.05, 0.1) is 5.25 Å². The molecule has 3 heteroatoms. The van der Waals surface area contributed by atoms with Crippen LogP contribution in [0.25, 0.3) is 0 Å². The summed E-state index contributed by atoms with van der Waals surface area (Å²) in [6.07, 6.45) is 0.829. The monoisotopic (exact) mass is 327 g/mol. The van der Waals surface area contributed by atoms with Crippen molar-refractivity contribution in [3.05, 3.63) is 71.8 Å². The zero-order valence-electron chi connectivity index (χ0n) is 14.1. The average Bonchev–Trinajstić information content (AvgIpc) is 2.53. The van der Waals surface area contributed by atoms with Crippen molar-refractivity contribution in [2.75, 3.05) is 0 Å². The van der Waals surface area contributed by atoms with Crippen LogP contribution in [0.3, 0.4) is 0 Å². The summed E-state index contributed by atoms with van der Waals surface area (Å²) in [7, 11) is 0. The second-order valence-electron chi connectivity index (χ2n) is 6.47. The largest absolute Gasteiger partial charge is 0.350 e. The predicted octanol–water partition coefficient (Wildman–Crippen LogP) is 4.45. The Morgan fingerprint density at radius 3 is 2.09 bits per heavy atom. The third-order valence-electron chi connectivity index (χ3n) is 3.66. The van der Waals surface area contributed by atoms with Gasteiger partial charge in [-0.1, -0.05) is 60.7 Å². The van der Waals surface area contributed by atoms with E-state index in [0.717, 1.165) is 12.2 Å². The van der Waals surface area contributed by atoms with Gasteiger partial charge in [-0.3, -0.25) is 4.79 Å². The van der Waals surface area contributed by atoms with Crippen molar-refractivity contribution in [3.63, 3.8) is 0 Å². The van der Waals surface area contributed by atoms with E-state index in [0.29, 0.717) is 0 Å². The highest BCUT2D eigenvalue weighted by molar-refractivity contribution is 7.99. The second-order valence-corrected chi connectivity index (χ2v) is 7.80. The van der Waals surface area contributed by atoms with Gasteiger partial charge in [0.2, 0.25) is 5.91 Å². The molecule has 0 unspecified atom stereocenters. The van der Waals surface area contributed by atoms with E-state index >= 15 is 0 Å². The lowest BCUT2D eigenvalue weighted by Crippen LogP contribution is -2.48. The first-order chi connectivity index (χ1) is 11.0. The van der Waals surface area contributed by atoms with E-state index in [9.17, 15) is 4.79 Å². The molecule has 1 atom stereocenters. The number of rotatable bonds is 7. The standard InChI is InChI=1S/C20H25NOS/c1-16(23-15-18-12-8-5-9-13-18)19(22)21-20(2,3)14-17-10-6-4-7-11-17/h4-13,16H,14-15H2,1-3H3,(H,21,22)/t16-/m0/s1. The van der Waals surface area contributed by atoms with Crippen LogP contribution in [0, 0.1) is 0 Å². The van der Waals surface area contributed by atoms with Crippen molar-refractivity contribution >= 4 is 17.7 Å². The fourth-order valence-corrected chi connectivity index (χ4v) is 3.30. The molecule has 0 aliphatic carbocycles. The van der Waals surface area contributed by atoms with Crippen LogP contribution in [-0.2, 0) is 17.0 Å². The van der Waals surface area contributed by atoms with E-state index in [1.165, 1.54) is 11.1 Å². The molecule has 1 amide bonds. The van der Waals surface area contributed by atoms with Gasteiger partial charge in [-0.15, -0.1) is 11.8 Å². The molecule has 0 spiro atoms. The molecule has 2 rings (SSSR count). The van der Waals surface area contributed by atoms with Crippen LogP contribution >= 0.6 is 11.8 Å². The molecule has 0 heterocycles. The minimum absolute atomic E-state index is 0.0646. The number of amides is 1. The first kappa shape index (κ1) is 17.6. The van der Waals surface area contributed by atoms with E-state index in [1.54, 1.807) is 11.8 Å². The summed E-state index contributed by atoms with van der Waals surface area (Å²) in [5.41, 5.74) is 2.24. The molecule has 2 aromatic rings. The average molecular weight is 327 g/mol. The number of benzene rings is 2. The van der Waals surface area contributed by atoms with Crippen LogP contribution < -0.4 is 5.32 Å². The van der Waals surface area contributed by atoms with E-state index in [1.807, 2.05) is 43.3 Å². The molecule has 0 aliphatic heterocycles. The highest BCUT2D eigenvalue weighted by Crippen LogP contribution is 2.19. The molecule has 1 N–H and O–H groups in total. The number of thioether (sulfide) groups is 1. The van der Waals surface area contributed by atoms with Gasteiger partial charge >= 0.3 is 0 Å². The Labute approximate surface area is 143 Å². The fraction of sp³-hybridized carbons (Fsp3) is 0.350. The Balaban J connectivity index is 1.84. The number of carbonyl (C=O) groups is 1. The summed E-state index contributed by atoms with van der Waals surface area (Å²) in [4.78, 5) is 12.4. The van der Waals surface area contributed by atoms with Crippen molar-refractivity contribution in [3.8, 4) is 0 Å². The summed E-state index contributed by atoms with van der Waals surface area (Å²) in [6.45, 7) is 6.13. The van der Waals surface area contributed by atoms with Gasteiger partial charge in [0, 0.05) is 11.3 Å². The highest BCUT2D eigenvalue weighted by Gasteiger charge is 2.24. The molecule has 0 bridgehead atoms. The summed E-state index contributed by atoms with van der Waals surface area (Å²) in [5.74, 6) is 0.959. The van der Waals surface area contributed by atoms with Crippen LogP contribution in [-0.4, -0.2) is 16.7 Å². The minimum atomic E-state index is -0.250. The van der Waals surface area contributed by atoms with Crippen LogP contribution in [0.5, 0.6) is 0 Å². The van der Waals surface area contributed by atoms with Gasteiger partial charge in [-0.05, 0) is 38.3 Å². The summed E-state index contributed by atoms with van der Waals surface area (Å²) in [5, 5.41) is 3.12.